The summed E-state index contributed by atoms with van der Waals surface area (Å²) in [7, 11) is 0. The third-order valence-electron chi connectivity index (χ3n) is 5.32. The zero-order valence-corrected chi connectivity index (χ0v) is 18.6. The Balaban J connectivity index is 1.39. The second-order valence-corrected chi connectivity index (χ2v) is 9.30. The van der Waals surface area contributed by atoms with Crippen molar-refractivity contribution in [2.45, 2.75) is 19.0 Å². The van der Waals surface area contributed by atoms with Crippen LogP contribution in [-0.4, -0.2) is 53.8 Å². The van der Waals surface area contributed by atoms with Crippen molar-refractivity contribution in [3.63, 3.8) is 0 Å². The highest BCUT2D eigenvalue weighted by atomic mass is 35.5. The van der Waals surface area contributed by atoms with E-state index in [0.717, 1.165) is 29.5 Å². The summed E-state index contributed by atoms with van der Waals surface area (Å²) in [4.78, 5) is 31.3. The first-order valence-corrected chi connectivity index (χ1v) is 11.4. The fraction of sp³-hybridized carbons (Fsp3) is 0.304. The first kappa shape index (κ1) is 21.6. The molecule has 3 aromatic rings. The Morgan fingerprint density at radius 3 is 2.45 bits per heavy atom. The van der Waals surface area contributed by atoms with Crippen LogP contribution in [0.1, 0.15) is 21.0 Å². The molecule has 0 radical (unpaired) electrons. The smallest absolute Gasteiger partial charge is 0.287 e. The van der Waals surface area contributed by atoms with Crippen molar-refractivity contribution in [2.75, 3.05) is 26.2 Å². The second-order valence-electron chi connectivity index (χ2n) is 7.50. The molecule has 3 heterocycles. The number of thiophene rings is 1. The molecule has 1 fully saturated rings. The minimum atomic E-state index is -0.650. The van der Waals surface area contributed by atoms with E-state index >= 15 is 0 Å². The average molecular weight is 458 g/mol. The van der Waals surface area contributed by atoms with Gasteiger partial charge in [0.2, 0.25) is 5.91 Å². The minimum absolute atomic E-state index is 0.0671. The molecule has 162 valence electrons. The summed E-state index contributed by atoms with van der Waals surface area (Å²) in [6.45, 7) is 3.65. The van der Waals surface area contributed by atoms with Crippen LogP contribution < -0.4 is 5.32 Å². The van der Waals surface area contributed by atoms with Gasteiger partial charge in [0.05, 0.1) is 10.6 Å². The van der Waals surface area contributed by atoms with E-state index in [-0.39, 0.29) is 17.6 Å². The number of hydrogen-bond acceptors (Lipinski definition) is 5. The van der Waals surface area contributed by atoms with Crippen LogP contribution in [0.15, 0.2) is 65.3 Å². The van der Waals surface area contributed by atoms with E-state index in [1.165, 1.54) is 11.1 Å². The van der Waals surface area contributed by atoms with Crippen LogP contribution in [0.4, 0.5) is 0 Å². The van der Waals surface area contributed by atoms with E-state index in [1.54, 1.807) is 23.5 Å². The monoisotopic (exact) mass is 457 g/mol. The van der Waals surface area contributed by atoms with E-state index in [2.05, 4.69) is 10.2 Å². The Labute approximate surface area is 190 Å². The van der Waals surface area contributed by atoms with Crippen LogP contribution in [0, 0.1) is 0 Å². The molecular formula is C23H24ClN3O3S. The third kappa shape index (κ3) is 5.76. The third-order valence-corrected chi connectivity index (χ3v) is 6.54. The molecule has 1 N–H and O–H groups in total. The van der Waals surface area contributed by atoms with Crippen LogP contribution in [0.5, 0.6) is 0 Å². The molecule has 1 atom stereocenters. The number of hydrogen-bond donors (Lipinski definition) is 1. The van der Waals surface area contributed by atoms with Gasteiger partial charge >= 0.3 is 0 Å². The number of benzene rings is 1. The lowest BCUT2D eigenvalue weighted by Crippen LogP contribution is -2.55. The summed E-state index contributed by atoms with van der Waals surface area (Å²) in [5.74, 6) is -0.250. The molecule has 0 bridgehead atoms. The Hall–Kier alpha value is -2.61. The van der Waals surface area contributed by atoms with Crippen molar-refractivity contribution < 1.29 is 14.0 Å². The maximum absolute atomic E-state index is 13.3. The standard InChI is InChI=1S/C23H24ClN3O3S/c24-21-9-8-18(31-21)16-26-10-12-27(13-11-26)23(29)19(15-17-5-2-1-3-6-17)25-22(28)20-7-4-14-30-20/h1-9,14,19H,10-13,15-16H2,(H,25,28)/t19-/m1/s1. The number of furan rings is 1. The summed E-state index contributed by atoms with van der Waals surface area (Å²) >= 11 is 7.62. The van der Waals surface area contributed by atoms with Gasteiger partial charge in [-0.1, -0.05) is 41.9 Å². The van der Waals surface area contributed by atoms with Crippen molar-refractivity contribution in [1.82, 2.24) is 15.1 Å². The maximum Gasteiger partial charge on any atom is 0.287 e. The lowest BCUT2D eigenvalue weighted by molar-refractivity contribution is -0.135. The molecule has 6 nitrogen and oxygen atoms in total. The number of nitrogens with one attached hydrogen (secondary N) is 1. The van der Waals surface area contributed by atoms with Crippen molar-refractivity contribution in [1.29, 1.82) is 0 Å². The van der Waals surface area contributed by atoms with Crippen LogP contribution in [0.25, 0.3) is 0 Å². The molecule has 8 heteroatoms. The molecule has 2 amide bonds. The summed E-state index contributed by atoms with van der Waals surface area (Å²) in [6.07, 6.45) is 1.88. The maximum atomic E-state index is 13.3. The Bertz CT molecular complexity index is 998. The molecule has 4 rings (SSSR count). The second kappa shape index (κ2) is 10.1. The van der Waals surface area contributed by atoms with Crippen molar-refractivity contribution in [3.05, 3.63) is 81.4 Å². The molecule has 2 aromatic heterocycles. The van der Waals surface area contributed by atoms with Gasteiger partial charge in [0.15, 0.2) is 5.76 Å². The summed E-state index contributed by atoms with van der Waals surface area (Å²) in [5, 5.41) is 2.87. The first-order chi connectivity index (χ1) is 15.1. The Morgan fingerprint density at radius 1 is 1.03 bits per heavy atom. The SMILES string of the molecule is O=C(N[C@H](Cc1ccccc1)C(=O)N1CCN(Cc2ccc(Cl)s2)CC1)c1ccco1. The molecule has 1 aliphatic heterocycles. The van der Waals surface area contributed by atoms with Gasteiger partial charge in [0.1, 0.15) is 6.04 Å². The van der Waals surface area contributed by atoms with Crippen LogP contribution in [-0.2, 0) is 17.8 Å². The van der Waals surface area contributed by atoms with E-state index in [4.69, 9.17) is 16.0 Å². The van der Waals surface area contributed by atoms with Gasteiger partial charge in [0.25, 0.3) is 5.91 Å². The Kier molecular flexibility index (Phi) is 7.06. The molecule has 1 aromatic carbocycles. The largest absolute Gasteiger partial charge is 0.459 e. The number of amides is 2. The van der Waals surface area contributed by atoms with E-state index in [1.807, 2.05) is 47.4 Å². The molecule has 31 heavy (non-hydrogen) atoms. The summed E-state index contributed by atoms with van der Waals surface area (Å²) in [5.41, 5.74) is 0.994. The van der Waals surface area contributed by atoms with Gasteiger partial charge in [-0.3, -0.25) is 14.5 Å². The molecule has 0 aliphatic carbocycles. The topological polar surface area (TPSA) is 65.8 Å². The van der Waals surface area contributed by atoms with Crippen molar-refractivity contribution in [3.8, 4) is 0 Å². The number of nitrogens with zero attached hydrogens (tertiary/aromatic N) is 2. The average Bonchev–Trinajstić information content (AvgIpc) is 3.46. The molecule has 1 aliphatic rings. The fourth-order valence-electron chi connectivity index (χ4n) is 3.69. The number of piperazine rings is 1. The lowest BCUT2D eigenvalue weighted by Gasteiger charge is -2.36. The Morgan fingerprint density at radius 2 is 1.81 bits per heavy atom. The zero-order valence-electron chi connectivity index (χ0n) is 17.0. The van der Waals surface area contributed by atoms with Gasteiger partial charge in [-0.25, -0.2) is 0 Å². The van der Waals surface area contributed by atoms with Gasteiger partial charge in [-0.15, -0.1) is 11.3 Å². The highest BCUT2D eigenvalue weighted by Crippen LogP contribution is 2.23. The molecule has 0 spiro atoms. The first-order valence-electron chi connectivity index (χ1n) is 10.2. The lowest BCUT2D eigenvalue weighted by atomic mass is 10.0. The van der Waals surface area contributed by atoms with Gasteiger partial charge in [-0.05, 0) is 29.8 Å². The number of carbonyl (C=O) groups is 2. The van der Waals surface area contributed by atoms with Crippen LogP contribution in [0.3, 0.4) is 0 Å². The number of carbonyl (C=O) groups excluding carboxylic acids is 2. The summed E-state index contributed by atoms with van der Waals surface area (Å²) < 4.78 is 5.98. The molecule has 0 saturated carbocycles. The highest BCUT2D eigenvalue weighted by molar-refractivity contribution is 7.16. The normalized spacial score (nSPS) is 15.6. The quantitative estimate of drug-likeness (QED) is 0.587. The fourth-order valence-corrected chi connectivity index (χ4v) is 4.82. The highest BCUT2D eigenvalue weighted by Gasteiger charge is 2.29. The molecule has 0 unspecified atom stereocenters. The summed E-state index contributed by atoms with van der Waals surface area (Å²) in [6, 6.07) is 16.3. The van der Waals surface area contributed by atoms with Gasteiger partial charge in [-0.2, -0.15) is 0 Å². The number of rotatable bonds is 7. The van der Waals surface area contributed by atoms with Gasteiger partial charge < -0.3 is 14.6 Å². The van der Waals surface area contributed by atoms with Gasteiger partial charge in [0, 0.05) is 44.0 Å². The number of halogens is 1. The van der Waals surface area contributed by atoms with E-state index < -0.39 is 6.04 Å². The molecular weight excluding hydrogens is 434 g/mol. The predicted molar refractivity (Wildman–Crippen MR) is 121 cm³/mol. The predicted octanol–water partition coefficient (Wildman–Crippen LogP) is 3.68. The van der Waals surface area contributed by atoms with Crippen LogP contribution in [0.2, 0.25) is 4.34 Å². The molecule has 1 saturated heterocycles. The van der Waals surface area contributed by atoms with Crippen molar-refractivity contribution in [2.24, 2.45) is 0 Å². The van der Waals surface area contributed by atoms with E-state index in [0.29, 0.717) is 19.5 Å². The zero-order chi connectivity index (χ0) is 21.6. The minimum Gasteiger partial charge on any atom is -0.459 e. The van der Waals surface area contributed by atoms with E-state index in [9.17, 15) is 9.59 Å². The van der Waals surface area contributed by atoms with Crippen molar-refractivity contribution >= 4 is 34.8 Å². The van der Waals surface area contributed by atoms with Crippen LogP contribution >= 0.6 is 22.9 Å².